The summed E-state index contributed by atoms with van der Waals surface area (Å²) in [5.41, 5.74) is -0.797. The van der Waals surface area contributed by atoms with E-state index in [4.69, 9.17) is 19.9 Å². The van der Waals surface area contributed by atoms with Crippen molar-refractivity contribution >= 4 is 28.6 Å². The lowest BCUT2D eigenvalue weighted by Crippen LogP contribution is -2.51. The molecule has 0 spiro atoms. The van der Waals surface area contributed by atoms with E-state index < -0.39 is 59.6 Å². The van der Waals surface area contributed by atoms with Crippen LogP contribution in [0.5, 0.6) is 11.5 Å². The molecule has 0 fully saturated rings. The third kappa shape index (κ3) is 6.96. The lowest BCUT2D eigenvalue weighted by molar-refractivity contribution is -0.265. The summed E-state index contributed by atoms with van der Waals surface area (Å²) in [7, 11) is 1.47. The molecule has 2 aromatic heterocycles. The number of amides is 3. The molecule has 2 atom stereocenters. The van der Waals surface area contributed by atoms with E-state index in [9.17, 15) is 37.1 Å². The van der Waals surface area contributed by atoms with Crippen molar-refractivity contribution in [3.8, 4) is 22.8 Å². The number of nitrogens with one attached hydrogen (secondary N) is 2. The fourth-order valence-electron chi connectivity index (χ4n) is 5.14. The van der Waals surface area contributed by atoms with Gasteiger partial charge in [-0.15, -0.1) is 0 Å². The molecule has 1 aliphatic heterocycles. The van der Waals surface area contributed by atoms with Gasteiger partial charge < -0.3 is 35.7 Å². The molecular weight excluding hydrogens is 654 g/mol. The number of ether oxygens (including phenoxy) is 3. The Morgan fingerprint density at radius 3 is 2.51 bits per heavy atom. The van der Waals surface area contributed by atoms with Gasteiger partial charge in [0.1, 0.15) is 40.5 Å². The lowest BCUT2D eigenvalue weighted by atomic mass is 9.81. The molecule has 1 aliphatic rings. The first-order valence-electron chi connectivity index (χ1n) is 14.8. The summed E-state index contributed by atoms with van der Waals surface area (Å²) in [4.78, 5) is 46.3. The van der Waals surface area contributed by atoms with Gasteiger partial charge in [-0.2, -0.15) is 13.2 Å². The Hall–Kier alpha value is -5.35. The van der Waals surface area contributed by atoms with Crippen LogP contribution in [0.15, 0.2) is 60.8 Å². The number of rotatable bonds is 12. The predicted octanol–water partition coefficient (Wildman–Crippen LogP) is 2.89. The first-order valence-corrected chi connectivity index (χ1v) is 14.8. The highest BCUT2D eigenvalue weighted by Gasteiger charge is 2.57. The Labute approximate surface area is 276 Å². The largest absolute Gasteiger partial charge is 0.489 e. The molecule has 16 heteroatoms. The van der Waals surface area contributed by atoms with Crippen molar-refractivity contribution in [2.24, 2.45) is 5.73 Å². The third-order valence-electron chi connectivity index (χ3n) is 8.05. The van der Waals surface area contributed by atoms with Crippen LogP contribution >= 0.6 is 0 Å². The fraction of sp³-hybridized carbons (Fsp3) is 0.303. The topological polar surface area (TPSA) is 175 Å². The number of alkyl halides is 3. The SMILES string of the molecule is COCCNC(=O)COc1cc(C(=O)NCC(O)(c2cc3c(c(-c4ccc(F)cc4)n2)OC[C@]3(C)C(N)=O)C(F)(F)F)cc2cccnc12. The Bertz CT molecular complexity index is 1910. The van der Waals surface area contributed by atoms with Crippen LogP contribution in [0.4, 0.5) is 17.6 Å². The van der Waals surface area contributed by atoms with Crippen LogP contribution < -0.4 is 25.8 Å². The van der Waals surface area contributed by atoms with Gasteiger partial charge in [-0.05, 0) is 55.5 Å². The van der Waals surface area contributed by atoms with Gasteiger partial charge in [0.25, 0.3) is 11.8 Å². The van der Waals surface area contributed by atoms with Crippen LogP contribution in [0.2, 0.25) is 0 Å². The summed E-state index contributed by atoms with van der Waals surface area (Å²) >= 11 is 0. The van der Waals surface area contributed by atoms with E-state index in [1.807, 2.05) is 0 Å². The number of hydrogen-bond donors (Lipinski definition) is 4. The highest BCUT2D eigenvalue weighted by molar-refractivity contribution is 6.00. The number of carbonyl (C=O) groups excluding carboxylic acids is 3. The van der Waals surface area contributed by atoms with E-state index in [1.165, 1.54) is 44.5 Å². The number of primary amides is 1. The van der Waals surface area contributed by atoms with Crippen molar-refractivity contribution in [2.75, 3.05) is 40.0 Å². The standard InChI is InChI=1S/C33H31F4N5O7/c1-31(30(38)45)17-49-28-22(31)14-24(42-27(28)18-5-7-21(34)8-6-18)32(46,33(35,36)37)16-41-29(44)20-12-19-4-3-9-40-26(19)23(13-20)48-15-25(43)39-10-11-47-2/h3-9,12-14,46H,10-11,15-17H2,1-2H3,(H2,38,45)(H,39,43)(H,41,44)/t31-,32?/m0/s1. The second-order valence-electron chi connectivity index (χ2n) is 11.4. The van der Waals surface area contributed by atoms with Crippen molar-refractivity contribution in [1.82, 2.24) is 20.6 Å². The average Bonchev–Trinajstić information content (AvgIpc) is 3.43. The van der Waals surface area contributed by atoms with Crippen LogP contribution in [0.3, 0.4) is 0 Å². The smallest absolute Gasteiger partial charge is 0.424 e. The normalized spacial score (nSPS) is 16.7. The Balaban J connectivity index is 1.49. The van der Waals surface area contributed by atoms with Gasteiger partial charge in [-0.3, -0.25) is 19.4 Å². The average molecular weight is 686 g/mol. The van der Waals surface area contributed by atoms with E-state index in [0.717, 1.165) is 18.2 Å². The summed E-state index contributed by atoms with van der Waals surface area (Å²) in [5, 5.41) is 16.4. The van der Waals surface area contributed by atoms with E-state index in [-0.39, 0.29) is 59.2 Å². The maximum absolute atomic E-state index is 14.8. The first kappa shape index (κ1) is 35.0. The summed E-state index contributed by atoms with van der Waals surface area (Å²) in [6.07, 6.45) is -3.96. The Morgan fingerprint density at radius 2 is 1.84 bits per heavy atom. The van der Waals surface area contributed by atoms with E-state index in [2.05, 4.69) is 20.6 Å². The number of nitrogens with two attached hydrogens (primary N) is 1. The fourth-order valence-corrected chi connectivity index (χ4v) is 5.14. The van der Waals surface area contributed by atoms with Gasteiger partial charge >= 0.3 is 6.18 Å². The molecule has 0 saturated carbocycles. The molecule has 12 nitrogen and oxygen atoms in total. The van der Waals surface area contributed by atoms with Crippen molar-refractivity contribution in [3.05, 3.63) is 83.4 Å². The molecule has 49 heavy (non-hydrogen) atoms. The highest BCUT2D eigenvalue weighted by Crippen LogP contribution is 2.47. The number of nitrogens with zero attached hydrogens (tertiary/aromatic N) is 2. The number of methoxy groups -OCH3 is 1. The number of aliphatic hydroxyl groups is 1. The third-order valence-corrected chi connectivity index (χ3v) is 8.05. The number of pyridine rings is 2. The monoisotopic (exact) mass is 685 g/mol. The molecule has 5 rings (SSSR count). The van der Waals surface area contributed by atoms with E-state index >= 15 is 0 Å². The first-order chi connectivity index (χ1) is 23.2. The highest BCUT2D eigenvalue weighted by atomic mass is 19.4. The maximum Gasteiger partial charge on any atom is 0.424 e. The predicted molar refractivity (Wildman–Crippen MR) is 166 cm³/mol. The van der Waals surface area contributed by atoms with E-state index in [1.54, 1.807) is 12.1 Å². The summed E-state index contributed by atoms with van der Waals surface area (Å²) in [6.45, 7) is -0.339. The van der Waals surface area contributed by atoms with Crippen LogP contribution in [0.25, 0.3) is 22.2 Å². The van der Waals surface area contributed by atoms with Gasteiger partial charge in [0.05, 0.1) is 18.8 Å². The molecule has 4 aromatic rings. The molecule has 258 valence electrons. The lowest BCUT2D eigenvalue weighted by Gasteiger charge is -2.31. The Kier molecular flexibility index (Phi) is 9.73. The minimum absolute atomic E-state index is 0.00573. The van der Waals surface area contributed by atoms with Gasteiger partial charge in [0.2, 0.25) is 11.5 Å². The molecule has 1 unspecified atom stereocenters. The van der Waals surface area contributed by atoms with Gasteiger partial charge in [0, 0.05) is 41.9 Å². The molecule has 3 heterocycles. The second kappa shape index (κ2) is 13.6. The van der Waals surface area contributed by atoms with Crippen LogP contribution in [-0.4, -0.2) is 79.0 Å². The number of fused-ring (bicyclic) bond motifs is 2. The molecule has 0 bridgehead atoms. The van der Waals surface area contributed by atoms with Crippen molar-refractivity contribution in [2.45, 2.75) is 24.1 Å². The van der Waals surface area contributed by atoms with Crippen LogP contribution in [0.1, 0.15) is 28.5 Å². The minimum atomic E-state index is -5.41. The maximum atomic E-state index is 14.8. The molecule has 5 N–H and O–H groups in total. The van der Waals surface area contributed by atoms with E-state index in [0.29, 0.717) is 5.39 Å². The molecule has 0 aliphatic carbocycles. The van der Waals surface area contributed by atoms with Crippen LogP contribution in [0, 0.1) is 5.82 Å². The molecule has 2 aromatic carbocycles. The zero-order chi connectivity index (χ0) is 35.6. The van der Waals surface area contributed by atoms with Gasteiger partial charge in [0.15, 0.2) is 6.61 Å². The van der Waals surface area contributed by atoms with Gasteiger partial charge in [-0.25, -0.2) is 9.37 Å². The number of benzene rings is 2. The van der Waals surface area contributed by atoms with Gasteiger partial charge in [-0.1, -0.05) is 6.07 Å². The number of halogens is 4. The number of aromatic nitrogens is 2. The Morgan fingerprint density at radius 1 is 1.10 bits per heavy atom. The minimum Gasteiger partial charge on any atom is -0.489 e. The quantitative estimate of drug-likeness (QED) is 0.129. The van der Waals surface area contributed by atoms with Crippen molar-refractivity contribution in [3.63, 3.8) is 0 Å². The zero-order valence-corrected chi connectivity index (χ0v) is 26.2. The van der Waals surface area contributed by atoms with Crippen molar-refractivity contribution < 1.29 is 51.3 Å². The molecule has 3 amide bonds. The zero-order valence-electron chi connectivity index (χ0n) is 26.2. The van der Waals surface area contributed by atoms with Crippen molar-refractivity contribution in [1.29, 1.82) is 0 Å². The second-order valence-corrected chi connectivity index (χ2v) is 11.4. The number of carbonyl (C=O) groups is 3. The molecule has 0 saturated heterocycles. The summed E-state index contributed by atoms with van der Waals surface area (Å²) < 4.78 is 74.3. The molecular formula is C33H31F4N5O7. The molecule has 0 radical (unpaired) electrons. The van der Waals surface area contributed by atoms with Crippen LogP contribution in [-0.2, 0) is 25.3 Å². The summed E-state index contributed by atoms with van der Waals surface area (Å²) in [6, 6.07) is 11.2. The number of hydrogen-bond acceptors (Lipinski definition) is 9. The summed E-state index contributed by atoms with van der Waals surface area (Å²) in [5.74, 6) is -3.12.